The number of hydrogen-bond donors (Lipinski definition) is 0. The largest absolute Gasteiger partial charge is 0.354 e. The van der Waals surface area contributed by atoms with Crippen molar-refractivity contribution < 1.29 is 8.42 Å². The summed E-state index contributed by atoms with van der Waals surface area (Å²) in [4.78, 5) is 2.24. The van der Waals surface area contributed by atoms with Crippen molar-refractivity contribution in [2.45, 2.75) is 43.9 Å². The normalized spacial score (nSPS) is 19.7. The van der Waals surface area contributed by atoms with Crippen LogP contribution in [0, 0.1) is 6.92 Å². The molecule has 2 heterocycles. The van der Waals surface area contributed by atoms with Gasteiger partial charge in [0.1, 0.15) is 0 Å². The predicted molar refractivity (Wildman–Crippen MR) is 99.2 cm³/mol. The van der Waals surface area contributed by atoms with Gasteiger partial charge in [0, 0.05) is 37.0 Å². The van der Waals surface area contributed by atoms with Crippen LogP contribution in [0.2, 0.25) is 0 Å². The zero-order valence-corrected chi connectivity index (χ0v) is 15.5. The molecule has 1 aliphatic carbocycles. The van der Waals surface area contributed by atoms with Crippen LogP contribution >= 0.6 is 0 Å². The number of piperidine rings is 1. The van der Waals surface area contributed by atoms with Crippen LogP contribution in [0.3, 0.4) is 0 Å². The van der Waals surface area contributed by atoms with Crippen molar-refractivity contribution in [3.05, 3.63) is 30.0 Å². The Morgan fingerprint density at radius 1 is 1.04 bits per heavy atom. The van der Waals surface area contributed by atoms with Gasteiger partial charge in [0.25, 0.3) is 0 Å². The molecule has 25 heavy (non-hydrogen) atoms. The molecule has 0 bridgehead atoms. The second kappa shape index (κ2) is 6.21. The molecule has 1 aromatic heterocycles. The highest BCUT2D eigenvalue weighted by Gasteiger charge is 2.41. The number of benzene rings is 1. The fraction of sp³-hybridized carbons (Fsp3) is 0.556. The van der Waals surface area contributed by atoms with Crippen LogP contribution in [0.15, 0.2) is 24.3 Å². The molecule has 0 unspecified atom stereocenters. The highest BCUT2D eigenvalue weighted by atomic mass is 32.2. The molecule has 1 saturated carbocycles. The van der Waals surface area contributed by atoms with E-state index < -0.39 is 10.0 Å². The lowest BCUT2D eigenvalue weighted by molar-refractivity contribution is 0.311. The number of hydrogen-bond acceptors (Lipinski definition) is 5. The molecule has 4 rings (SSSR count). The third kappa shape index (κ3) is 3.00. The fourth-order valence-electron chi connectivity index (χ4n) is 3.71. The summed E-state index contributed by atoms with van der Waals surface area (Å²) in [7, 11) is -1.36. The van der Waals surface area contributed by atoms with E-state index in [1.54, 1.807) is 11.4 Å². The van der Waals surface area contributed by atoms with E-state index in [2.05, 4.69) is 27.2 Å². The zero-order valence-electron chi connectivity index (χ0n) is 14.7. The Morgan fingerprint density at radius 2 is 1.68 bits per heavy atom. The van der Waals surface area contributed by atoms with E-state index in [4.69, 9.17) is 0 Å². The average molecular weight is 360 g/mol. The summed E-state index contributed by atoms with van der Waals surface area (Å²) in [5, 5.41) is 10.8. The van der Waals surface area contributed by atoms with Crippen molar-refractivity contribution in [1.82, 2.24) is 14.5 Å². The van der Waals surface area contributed by atoms with Gasteiger partial charge in [-0.3, -0.25) is 0 Å². The van der Waals surface area contributed by atoms with Gasteiger partial charge in [0.2, 0.25) is 10.0 Å². The van der Waals surface area contributed by atoms with E-state index in [1.165, 1.54) is 0 Å². The fourth-order valence-corrected chi connectivity index (χ4v) is 5.54. The van der Waals surface area contributed by atoms with Crippen LogP contribution in [0.1, 0.15) is 31.4 Å². The second-order valence-electron chi connectivity index (χ2n) is 7.13. The molecular formula is C18H24N4O2S. The van der Waals surface area contributed by atoms with E-state index in [0.717, 1.165) is 61.1 Å². The summed E-state index contributed by atoms with van der Waals surface area (Å²) in [6.45, 7) is 3.58. The first-order valence-corrected chi connectivity index (χ1v) is 10.4. The Hall–Kier alpha value is -1.73. The summed E-state index contributed by atoms with van der Waals surface area (Å²) in [6, 6.07) is 8.29. The zero-order chi connectivity index (χ0) is 17.6. The standard InChI is InChI=1S/C18H24N4O2S/c1-13-16-5-3-4-6-17(16)18(20-19-13)22-11-9-14(10-12-22)21(2)25(23,24)15-7-8-15/h3-6,14-15H,7-12H2,1-2H3. The van der Waals surface area contributed by atoms with Crippen LogP contribution in [-0.4, -0.2) is 54.3 Å². The summed E-state index contributed by atoms with van der Waals surface area (Å²) < 4.78 is 26.5. The van der Waals surface area contributed by atoms with Crippen LogP contribution < -0.4 is 4.90 Å². The lowest BCUT2D eigenvalue weighted by atomic mass is 10.0. The van der Waals surface area contributed by atoms with Gasteiger partial charge in [-0.25, -0.2) is 12.7 Å². The molecule has 1 saturated heterocycles. The summed E-state index contributed by atoms with van der Waals surface area (Å²) in [5.74, 6) is 0.910. The van der Waals surface area contributed by atoms with E-state index in [0.29, 0.717) is 0 Å². The summed E-state index contributed by atoms with van der Waals surface area (Å²) >= 11 is 0. The van der Waals surface area contributed by atoms with Gasteiger partial charge in [0.15, 0.2) is 5.82 Å². The van der Waals surface area contributed by atoms with Gasteiger partial charge in [-0.1, -0.05) is 24.3 Å². The number of aryl methyl sites for hydroxylation is 1. The summed E-state index contributed by atoms with van der Waals surface area (Å²) in [5.41, 5.74) is 0.935. The molecule has 0 radical (unpaired) electrons. The van der Waals surface area contributed by atoms with Crippen molar-refractivity contribution >= 4 is 26.6 Å². The minimum Gasteiger partial charge on any atom is -0.354 e. The molecule has 0 N–H and O–H groups in total. The van der Waals surface area contributed by atoms with E-state index in [1.807, 2.05) is 19.1 Å². The lowest BCUT2D eigenvalue weighted by Gasteiger charge is -2.37. The molecule has 134 valence electrons. The Bertz CT molecular complexity index is 887. The topological polar surface area (TPSA) is 66.4 Å². The maximum atomic E-state index is 12.4. The number of rotatable bonds is 4. The number of anilines is 1. The Labute approximate surface area is 148 Å². The molecule has 7 heteroatoms. The van der Waals surface area contributed by atoms with Gasteiger partial charge < -0.3 is 4.90 Å². The molecule has 2 aliphatic rings. The summed E-state index contributed by atoms with van der Waals surface area (Å²) in [6.07, 6.45) is 3.28. The van der Waals surface area contributed by atoms with Gasteiger partial charge in [-0.15, -0.1) is 5.10 Å². The predicted octanol–water partition coefficient (Wildman–Crippen LogP) is 2.33. The minimum atomic E-state index is -3.10. The average Bonchev–Trinajstić information content (AvgIpc) is 3.48. The van der Waals surface area contributed by atoms with E-state index in [9.17, 15) is 8.42 Å². The molecule has 1 aromatic carbocycles. The van der Waals surface area contributed by atoms with E-state index in [-0.39, 0.29) is 11.3 Å². The first-order valence-electron chi connectivity index (χ1n) is 8.92. The SMILES string of the molecule is Cc1nnc(N2CCC(N(C)S(=O)(=O)C3CC3)CC2)c2ccccc12. The van der Waals surface area contributed by atoms with Gasteiger partial charge in [0.05, 0.1) is 10.9 Å². The van der Waals surface area contributed by atoms with Crippen LogP contribution in [0.4, 0.5) is 5.82 Å². The maximum Gasteiger partial charge on any atom is 0.216 e. The van der Waals surface area contributed by atoms with Gasteiger partial charge >= 0.3 is 0 Å². The quantitative estimate of drug-likeness (QED) is 0.837. The highest BCUT2D eigenvalue weighted by molar-refractivity contribution is 7.90. The van der Waals surface area contributed by atoms with Crippen molar-refractivity contribution in [3.63, 3.8) is 0 Å². The molecule has 6 nitrogen and oxygen atoms in total. The molecule has 2 fully saturated rings. The van der Waals surface area contributed by atoms with Crippen molar-refractivity contribution in [2.75, 3.05) is 25.0 Å². The molecular weight excluding hydrogens is 336 g/mol. The van der Waals surface area contributed by atoms with Gasteiger partial charge in [-0.2, -0.15) is 5.10 Å². The van der Waals surface area contributed by atoms with Crippen LogP contribution in [-0.2, 0) is 10.0 Å². The second-order valence-corrected chi connectivity index (χ2v) is 9.41. The Morgan fingerprint density at radius 3 is 2.32 bits per heavy atom. The maximum absolute atomic E-state index is 12.4. The number of nitrogens with zero attached hydrogens (tertiary/aromatic N) is 4. The third-order valence-electron chi connectivity index (χ3n) is 5.48. The van der Waals surface area contributed by atoms with Crippen LogP contribution in [0.5, 0.6) is 0 Å². The van der Waals surface area contributed by atoms with Crippen molar-refractivity contribution in [3.8, 4) is 0 Å². The van der Waals surface area contributed by atoms with E-state index >= 15 is 0 Å². The molecule has 0 spiro atoms. The Kier molecular flexibility index (Phi) is 4.16. The van der Waals surface area contributed by atoms with Crippen molar-refractivity contribution in [1.29, 1.82) is 0 Å². The molecule has 0 amide bonds. The highest BCUT2D eigenvalue weighted by Crippen LogP contribution is 2.34. The number of fused-ring (bicyclic) bond motifs is 1. The van der Waals surface area contributed by atoms with Crippen molar-refractivity contribution in [2.24, 2.45) is 0 Å². The smallest absolute Gasteiger partial charge is 0.216 e. The molecule has 1 aliphatic heterocycles. The Balaban J connectivity index is 1.52. The first kappa shape index (κ1) is 16.7. The monoisotopic (exact) mass is 360 g/mol. The minimum absolute atomic E-state index is 0.0894. The van der Waals surface area contributed by atoms with Crippen LogP contribution in [0.25, 0.3) is 10.8 Å². The molecule has 2 aromatic rings. The van der Waals surface area contributed by atoms with Gasteiger partial charge in [-0.05, 0) is 32.6 Å². The number of aromatic nitrogens is 2. The number of sulfonamides is 1. The lowest BCUT2D eigenvalue weighted by Crippen LogP contribution is -2.46. The third-order valence-corrected chi connectivity index (χ3v) is 7.89. The molecule has 0 atom stereocenters. The first-order chi connectivity index (χ1) is 12.0.